The second-order valence-corrected chi connectivity index (χ2v) is 9.29. The van der Waals surface area contributed by atoms with Crippen molar-refractivity contribution in [2.24, 2.45) is 0 Å². The van der Waals surface area contributed by atoms with Crippen LogP contribution in [0.4, 0.5) is 5.69 Å². The summed E-state index contributed by atoms with van der Waals surface area (Å²) in [6.07, 6.45) is 2.30. The number of carbonyl (C=O) groups is 1. The van der Waals surface area contributed by atoms with Crippen molar-refractivity contribution < 1.29 is 13.2 Å². The van der Waals surface area contributed by atoms with E-state index in [1.807, 2.05) is 48.5 Å². The third-order valence-electron chi connectivity index (χ3n) is 5.27. The summed E-state index contributed by atoms with van der Waals surface area (Å²) in [5.41, 5.74) is 2.68. The molecule has 6 nitrogen and oxygen atoms in total. The normalized spacial score (nSPS) is 16.2. The van der Waals surface area contributed by atoms with Gasteiger partial charge >= 0.3 is 0 Å². The smallest absolute Gasteiger partial charge is 0.254 e. The molecule has 1 aliphatic heterocycles. The molecule has 0 N–H and O–H groups in total. The maximum absolute atomic E-state index is 13.4. The molecule has 154 valence electrons. The van der Waals surface area contributed by atoms with Gasteiger partial charge in [-0.3, -0.25) is 14.1 Å². The van der Waals surface area contributed by atoms with Gasteiger partial charge in [0.25, 0.3) is 5.91 Å². The molecule has 0 bridgehead atoms. The van der Waals surface area contributed by atoms with Crippen molar-refractivity contribution in [2.75, 3.05) is 23.7 Å². The van der Waals surface area contributed by atoms with Gasteiger partial charge in [-0.2, -0.15) is 0 Å². The van der Waals surface area contributed by atoms with E-state index in [9.17, 15) is 13.2 Å². The zero-order valence-electron chi connectivity index (χ0n) is 16.7. The highest BCUT2D eigenvalue weighted by molar-refractivity contribution is 7.93. The molecule has 1 aromatic heterocycles. The van der Waals surface area contributed by atoms with Crippen molar-refractivity contribution in [3.05, 3.63) is 95.8 Å². The second-order valence-electron chi connectivity index (χ2n) is 7.28. The lowest BCUT2D eigenvalue weighted by Crippen LogP contribution is -2.33. The Kier molecular flexibility index (Phi) is 5.55. The van der Waals surface area contributed by atoms with Crippen molar-refractivity contribution in [3.8, 4) is 0 Å². The van der Waals surface area contributed by atoms with Crippen molar-refractivity contribution in [2.45, 2.75) is 12.5 Å². The van der Waals surface area contributed by atoms with Gasteiger partial charge in [0.2, 0.25) is 10.0 Å². The molecule has 1 amide bonds. The van der Waals surface area contributed by atoms with Crippen LogP contribution in [0.15, 0.2) is 79.0 Å². The highest BCUT2D eigenvalue weighted by Crippen LogP contribution is 2.29. The standard InChI is InChI=1S/C23H23N3O3S/c1-25(22(18-9-3-2-4-10-18)21-13-5-6-14-24-21)23(27)19-11-7-12-20(17-19)26-15-8-16-30(26,28)29/h2-7,9-14,17,22H,8,15-16H2,1H3. The largest absolute Gasteiger partial charge is 0.329 e. The van der Waals surface area contributed by atoms with Gasteiger partial charge in [-0.05, 0) is 42.3 Å². The van der Waals surface area contributed by atoms with Crippen molar-refractivity contribution >= 4 is 21.6 Å². The summed E-state index contributed by atoms with van der Waals surface area (Å²) in [5.74, 6) is -0.0613. The van der Waals surface area contributed by atoms with E-state index in [0.29, 0.717) is 24.2 Å². The molecule has 0 saturated carbocycles. The molecule has 7 heteroatoms. The lowest BCUT2D eigenvalue weighted by atomic mass is 10.0. The van der Waals surface area contributed by atoms with Crippen LogP contribution in [0.25, 0.3) is 0 Å². The summed E-state index contributed by atoms with van der Waals surface area (Å²) in [4.78, 5) is 19.5. The van der Waals surface area contributed by atoms with Crippen molar-refractivity contribution in [1.29, 1.82) is 0 Å². The molecule has 3 aromatic rings. The predicted molar refractivity (Wildman–Crippen MR) is 117 cm³/mol. The van der Waals surface area contributed by atoms with Crippen LogP contribution in [-0.2, 0) is 10.0 Å². The second kappa shape index (κ2) is 8.28. The first-order valence-electron chi connectivity index (χ1n) is 9.81. The van der Waals surface area contributed by atoms with E-state index < -0.39 is 10.0 Å². The number of rotatable bonds is 5. The quantitative estimate of drug-likeness (QED) is 0.632. The Morgan fingerprint density at radius 1 is 1.03 bits per heavy atom. The number of pyridine rings is 1. The van der Waals surface area contributed by atoms with Crippen LogP contribution in [-0.4, -0.2) is 43.6 Å². The van der Waals surface area contributed by atoms with Crippen LogP contribution in [0.5, 0.6) is 0 Å². The summed E-state index contributed by atoms with van der Waals surface area (Å²) < 4.78 is 25.9. The molecule has 2 aromatic carbocycles. The molecule has 2 heterocycles. The molecule has 1 aliphatic rings. The molecular weight excluding hydrogens is 398 g/mol. The monoisotopic (exact) mass is 421 g/mol. The molecule has 4 rings (SSSR count). The van der Waals surface area contributed by atoms with Crippen LogP contribution in [0, 0.1) is 0 Å². The van der Waals surface area contributed by atoms with E-state index in [0.717, 1.165) is 11.3 Å². The Labute approximate surface area is 176 Å². The van der Waals surface area contributed by atoms with Crippen LogP contribution in [0.3, 0.4) is 0 Å². The van der Waals surface area contributed by atoms with E-state index in [1.165, 1.54) is 4.31 Å². The minimum atomic E-state index is -3.31. The van der Waals surface area contributed by atoms with Crippen LogP contribution < -0.4 is 4.31 Å². The van der Waals surface area contributed by atoms with Gasteiger partial charge in [0, 0.05) is 25.4 Å². The maximum atomic E-state index is 13.4. The fourth-order valence-electron chi connectivity index (χ4n) is 3.81. The number of anilines is 1. The Balaban J connectivity index is 1.69. The van der Waals surface area contributed by atoms with Crippen LogP contribution >= 0.6 is 0 Å². The molecule has 1 saturated heterocycles. The maximum Gasteiger partial charge on any atom is 0.254 e. The Bertz CT molecular complexity index is 1100. The first-order chi connectivity index (χ1) is 14.5. The van der Waals surface area contributed by atoms with Gasteiger partial charge in [0.05, 0.1) is 23.2 Å². The summed E-state index contributed by atoms with van der Waals surface area (Å²) >= 11 is 0. The minimum Gasteiger partial charge on any atom is -0.329 e. The Morgan fingerprint density at radius 3 is 2.47 bits per heavy atom. The lowest BCUT2D eigenvalue weighted by molar-refractivity contribution is 0.0752. The van der Waals surface area contributed by atoms with E-state index in [4.69, 9.17) is 0 Å². The third-order valence-corrected chi connectivity index (χ3v) is 7.14. The van der Waals surface area contributed by atoms with Gasteiger partial charge in [-0.15, -0.1) is 0 Å². The molecule has 1 unspecified atom stereocenters. The molecular formula is C23H23N3O3S. The third kappa shape index (κ3) is 3.93. The zero-order valence-corrected chi connectivity index (χ0v) is 17.5. The van der Waals surface area contributed by atoms with Gasteiger partial charge in [0.15, 0.2) is 0 Å². The van der Waals surface area contributed by atoms with E-state index in [1.54, 1.807) is 42.4 Å². The van der Waals surface area contributed by atoms with E-state index >= 15 is 0 Å². The number of carbonyl (C=O) groups excluding carboxylic acids is 1. The molecule has 1 fully saturated rings. The zero-order chi connectivity index (χ0) is 21.1. The lowest BCUT2D eigenvalue weighted by Gasteiger charge is -2.29. The summed E-state index contributed by atoms with van der Waals surface area (Å²) in [5, 5.41) is 0. The molecule has 0 radical (unpaired) electrons. The first kappa shape index (κ1) is 20.1. The van der Waals surface area contributed by atoms with Gasteiger partial charge in [-0.1, -0.05) is 42.5 Å². The van der Waals surface area contributed by atoms with Gasteiger partial charge in [0.1, 0.15) is 0 Å². The number of aromatic nitrogens is 1. The number of sulfonamides is 1. The van der Waals surface area contributed by atoms with E-state index in [2.05, 4.69) is 4.98 Å². The number of amides is 1. The number of hydrogen-bond acceptors (Lipinski definition) is 4. The minimum absolute atomic E-state index is 0.140. The highest BCUT2D eigenvalue weighted by Gasteiger charge is 2.30. The number of nitrogens with zero attached hydrogens (tertiary/aromatic N) is 3. The fourth-order valence-corrected chi connectivity index (χ4v) is 5.37. The molecule has 30 heavy (non-hydrogen) atoms. The number of hydrogen-bond donors (Lipinski definition) is 0. The van der Waals surface area contributed by atoms with Crippen molar-refractivity contribution in [3.63, 3.8) is 0 Å². The van der Waals surface area contributed by atoms with E-state index in [-0.39, 0.29) is 17.7 Å². The van der Waals surface area contributed by atoms with Gasteiger partial charge < -0.3 is 4.90 Å². The van der Waals surface area contributed by atoms with Crippen molar-refractivity contribution in [1.82, 2.24) is 9.88 Å². The van der Waals surface area contributed by atoms with Crippen LogP contribution in [0.2, 0.25) is 0 Å². The fraction of sp³-hybridized carbons (Fsp3) is 0.217. The average molecular weight is 422 g/mol. The van der Waals surface area contributed by atoms with Crippen LogP contribution in [0.1, 0.15) is 34.1 Å². The molecule has 1 atom stereocenters. The predicted octanol–water partition coefficient (Wildman–Crippen LogP) is 3.48. The Morgan fingerprint density at radius 2 is 1.80 bits per heavy atom. The Hall–Kier alpha value is -3.19. The van der Waals surface area contributed by atoms with Gasteiger partial charge in [-0.25, -0.2) is 8.42 Å². The summed E-state index contributed by atoms with van der Waals surface area (Å²) in [6, 6.07) is 21.8. The SMILES string of the molecule is CN(C(=O)c1cccc(N2CCCS2(=O)=O)c1)C(c1ccccc1)c1ccccn1. The number of benzene rings is 2. The highest BCUT2D eigenvalue weighted by atomic mass is 32.2. The first-order valence-corrected chi connectivity index (χ1v) is 11.4. The topological polar surface area (TPSA) is 70.6 Å². The average Bonchev–Trinajstić information content (AvgIpc) is 3.14. The summed E-state index contributed by atoms with van der Waals surface area (Å²) in [6.45, 7) is 0.441. The molecule has 0 aliphatic carbocycles. The summed E-state index contributed by atoms with van der Waals surface area (Å²) in [7, 11) is -1.56. The molecule has 0 spiro atoms.